The fourth-order valence-electron chi connectivity index (χ4n) is 2.37. The fourth-order valence-corrected chi connectivity index (χ4v) is 2.37. The molecule has 0 saturated heterocycles. The molecule has 2 aromatic rings. The van der Waals surface area contributed by atoms with Gasteiger partial charge in [0.15, 0.2) is 0 Å². The number of rotatable bonds is 7. The third-order valence-electron chi connectivity index (χ3n) is 3.72. The molecule has 3 rings (SSSR count). The van der Waals surface area contributed by atoms with Crippen LogP contribution in [0.4, 0.5) is 0 Å². The molecule has 0 unspecified atom stereocenters. The van der Waals surface area contributed by atoms with Crippen LogP contribution in [0.5, 0.6) is 0 Å². The quantitative estimate of drug-likeness (QED) is 0.797. The average molecular weight is 312 g/mol. The van der Waals surface area contributed by atoms with Crippen LogP contribution in [-0.2, 0) is 22.6 Å². The Hall–Kier alpha value is -2.63. The highest BCUT2D eigenvalue weighted by Gasteiger charge is 2.28. The lowest BCUT2D eigenvalue weighted by Crippen LogP contribution is -2.49. The lowest BCUT2D eigenvalue weighted by molar-refractivity contribution is -0.129. The molecule has 1 aromatic heterocycles. The van der Waals surface area contributed by atoms with Crippen molar-refractivity contribution in [2.24, 2.45) is 0 Å². The minimum Gasteiger partial charge on any atom is -0.352 e. The van der Waals surface area contributed by atoms with E-state index in [0.717, 1.165) is 18.4 Å². The zero-order chi connectivity index (χ0) is 16.1. The molecule has 2 N–H and O–H groups in total. The standard InChI is InChI=1S/C17H20N4O2/c22-16(12-21-10-4-9-18-21)20-15(17(23)19-14-7-8-14)11-13-5-2-1-3-6-13/h1-6,9-10,14-15H,7-8,11-12H2,(H,19,23)(H,20,22)/t15-/m1/s1. The maximum atomic E-state index is 12.4. The highest BCUT2D eigenvalue weighted by Crippen LogP contribution is 2.19. The van der Waals surface area contributed by atoms with Crippen molar-refractivity contribution in [2.75, 3.05) is 0 Å². The molecular weight excluding hydrogens is 292 g/mol. The van der Waals surface area contributed by atoms with E-state index in [2.05, 4.69) is 15.7 Å². The Balaban J connectivity index is 1.63. The van der Waals surface area contributed by atoms with Gasteiger partial charge in [0.1, 0.15) is 12.6 Å². The van der Waals surface area contributed by atoms with Crippen LogP contribution in [0, 0.1) is 0 Å². The Morgan fingerprint density at radius 2 is 2.00 bits per heavy atom. The predicted molar refractivity (Wildman–Crippen MR) is 85.5 cm³/mol. The highest BCUT2D eigenvalue weighted by atomic mass is 16.2. The molecule has 1 aliphatic rings. The van der Waals surface area contributed by atoms with Crippen molar-refractivity contribution in [1.82, 2.24) is 20.4 Å². The Morgan fingerprint density at radius 3 is 2.65 bits per heavy atom. The molecule has 6 nitrogen and oxygen atoms in total. The first kappa shape index (κ1) is 15.3. The van der Waals surface area contributed by atoms with Gasteiger partial charge in [-0.25, -0.2) is 0 Å². The smallest absolute Gasteiger partial charge is 0.243 e. The monoisotopic (exact) mass is 312 g/mol. The largest absolute Gasteiger partial charge is 0.352 e. The Morgan fingerprint density at radius 1 is 1.22 bits per heavy atom. The Bertz CT molecular complexity index is 650. The van der Waals surface area contributed by atoms with Gasteiger partial charge in [-0.1, -0.05) is 30.3 Å². The van der Waals surface area contributed by atoms with Gasteiger partial charge in [0.05, 0.1) is 0 Å². The van der Waals surface area contributed by atoms with E-state index in [1.54, 1.807) is 18.5 Å². The van der Waals surface area contributed by atoms with E-state index in [4.69, 9.17) is 0 Å². The van der Waals surface area contributed by atoms with Crippen LogP contribution in [0.15, 0.2) is 48.8 Å². The first-order valence-corrected chi connectivity index (χ1v) is 7.82. The summed E-state index contributed by atoms with van der Waals surface area (Å²) in [5.74, 6) is -0.342. The maximum Gasteiger partial charge on any atom is 0.243 e. The fraction of sp³-hybridized carbons (Fsp3) is 0.353. The topological polar surface area (TPSA) is 76.0 Å². The summed E-state index contributed by atoms with van der Waals surface area (Å²) >= 11 is 0. The van der Waals surface area contributed by atoms with E-state index < -0.39 is 6.04 Å². The van der Waals surface area contributed by atoms with Crippen molar-refractivity contribution in [3.8, 4) is 0 Å². The minimum atomic E-state index is -0.568. The molecule has 0 radical (unpaired) electrons. The lowest BCUT2D eigenvalue weighted by atomic mass is 10.1. The van der Waals surface area contributed by atoms with Crippen molar-refractivity contribution in [2.45, 2.75) is 37.9 Å². The van der Waals surface area contributed by atoms with Crippen LogP contribution in [0.25, 0.3) is 0 Å². The molecular formula is C17H20N4O2. The first-order valence-electron chi connectivity index (χ1n) is 7.82. The highest BCUT2D eigenvalue weighted by molar-refractivity contribution is 5.88. The Kier molecular flexibility index (Phi) is 4.71. The second-order valence-corrected chi connectivity index (χ2v) is 5.80. The third kappa shape index (κ3) is 4.67. The van der Waals surface area contributed by atoms with E-state index in [-0.39, 0.29) is 24.4 Å². The van der Waals surface area contributed by atoms with Crippen LogP contribution in [0.3, 0.4) is 0 Å². The van der Waals surface area contributed by atoms with Crippen LogP contribution in [0.2, 0.25) is 0 Å². The summed E-state index contributed by atoms with van der Waals surface area (Å²) in [4.78, 5) is 24.6. The molecule has 120 valence electrons. The number of aromatic nitrogens is 2. The van der Waals surface area contributed by atoms with E-state index in [9.17, 15) is 9.59 Å². The number of hydrogen-bond donors (Lipinski definition) is 2. The number of nitrogens with one attached hydrogen (secondary N) is 2. The van der Waals surface area contributed by atoms with Crippen molar-refractivity contribution in [3.05, 3.63) is 54.4 Å². The second-order valence-electron chi connectivity index (χ2n) is 5.80. The number of carbonyl (C=O) groups is 2. The van der Waals surface area contributed by atoms with E-state index in [0.29, 0.717) is 6.42 Å². The normalized spacial score (nSPS) is 15.0. The predicted octanol–water partition coefficient (Wildman–Crippen LogP) is 0.889. The first-order chi connectivity index (χ1) is 11.2. The van der Waals surface area contributed by atoms with Gasteiger partial charge < -0.3 is 10.6 Å². The molecule has 1 saturated carbocycles. The van der Waals surface area contributed by atoms with Gasteiger partial charge in [-0.05, 0) is 24.5 Å². The molecule has 1 atom stereocenters. The second kappa shape index (κ2) is 7.09. The summed E-state index contributed by atoms with van der Waals surface area (Å²) in [5, 5.41) is 9.79. The van der Waals surface area contributed by atoms with Gasteiger partial charge >= 0.3 is 0 Å². The SMILES string of the molecule is O=C(Cn1cccn1)N[C@H](Cc1ccccc1)C(=O)NC1CC1. The van der Waals surface area contributed by atoms with E-state index >= 15 is 0 Å². The summed E-state index contributed by atoms with van der Waals surface area (Å²) in [5.41, 5.74) is 1.02. The molecule has 1 aromatic carbocycles. The van der Waals surface area contributed by atoms with Gasteiger partial charge in [0.25, 0.3) is 0 Å². The summed E-state index contributed by atoms with van der Waals surface area (Å²) in [6.07, 6.45) is 5.85. The number of benzene rings is 1. The molecule has 23 heavy (non-hydrogen) atoms. The van der Waals surface area contributed by atoms with Gasteiger partial charge in [0, 0.05) is 24.9 Å². The van der Waals surface area contributed by atoms with Crippen LogP contribution in [-0.4, -0.2) is 33.7 Å². The summed E-state index contributed by atoms with van der Waals surface area (Å²) < 4.78 is 1.54. The molecule has 0 spiro atoms. The van der Waals surface area contributed by atoms with E-state index in [1.807, 2.05) is 30.3 Å². The maximum absolute atomic E-state index is 12.4. The van der Waals surface area contributed by atoms with Gasteiger partial charge in [-0.15, -0.1) is 0 Å². The summed E-state index contributed by atoms with van der Waals surface area (Å²) in [7, 11) is 0. The molecule has 0 aliphatic heterocycles. The number of nitrogens with zero attached hydrogens (tertiary/aromatic N) is 2. The van der Waals surface area contributed by atoms with Crippen LogP contribution in [0.1, 0.15) is 18.4 Å². The third-order valence-corrected chi connectivity index (χ3v) is 3.72. The van der Waals surface area contributed by atoms with E-state index in [1.165, 1.54) is 4.68 Å². The summed E-state index contributed by atoms with van der Waals surface area (Å²) in [6.45, 7) is 0.106. The minimum absolute atomic E-state index is 0.106. The van der Waals surface area contributed by atoms with Gasteiger partial charge in [-0.3, -0.25) is 14.3 Å². The molecule has 1 heterocycles. The molecule has 2 amide bonds. The van der Waals surface area contributed by atoms with Crippen LogP contribution < -0.4 is 10.6 Å². The van der Waals surface area contributed by atoms with Crippen LogP contribution >= 0.6 is 0 Å². The van der Waals surface area contributed by atoms with Gasteiger partial charge in [-0.2, -0.15) is 5.10 Å². The average Bonchev–Trinajstić information content (AvgIpc) is 3.21. The number of carbonyl (C=O) groups excluding carboxylic acids is 2. The van der Waals surface area contributed by atoms with Crippen molar-refractivity contribution < 1.29 is 9.59 Å². The number of hydrogen-bond acceptors (Lipinski definition) is 3. The molecule has 1 fully saturated rings. The Labute approximate surface area is 134 Å². The number of amides is 2. The molecule has 6 heteroatoms. The van der Waals surface area contributed by atoms with Crippen molar-refractivity contribution in [1.29, 1.82) is 0 Å². The summed E-state index contributed by atoms with van der Waals surface area (Å²) in [6, 6.07) is 11.2. The molecule has 1 aliphatic carbocycles. The zero-order valence-electron chi connectivity index (χ0n) is 12.8. The van der Waals surface area contributed by atoms with Crippen molar-refractivity contribution in [3.63, 3.8) is 0 Å². The lowest BCUT2D eigenvalue weighted by Gasteiger charge is -2.18. The zero-order valence-corrected chi connectivity index (χ0v) is 12.8. The molecule has 0 bridgehead atoms. The van der Waals surface area contributed by atoms with Gasteiger partial charge in [0.2, 0.25) is 11.8 Å². The van der Waals surface area contributed by atoms with Crippen molar-refractivity contribution >= 4 is 11.8 Å².